The molecule has 13 heavy (non-hydrogen) atoms. The van der Waals surface area contributed by atoms with Crippen molar-refractivity contribution in [2.75, 3.05) is 0 Å². The molecule has 0 saturated heterocycles. The van der Waals surface area contributed by atoms with Gasteiger partial charge in [0.05, 0.1) is 0 Å². The Morgan fingerprint density at radius 2 is 2.08 bits per heavy atom. The molecule has 0 aliphatic heterocycles. The molecule has 0 unspecified atom stereocenters. The number of hydrogen-bond donors (Lipinski definition) is 2. The van der Waals surface area contributed by atoms with Gasteiger partial charge in [0.1, 0.15) is 11.2 Å². The highest BCUT2D eigenvalue weighted by Gasteiger charge is 2.17. The second-order valence-electron chi connectivity index (χ2n) is 2.67. The Morgan fingerprint density at radius 3 is 2.69 bits per heavy atom. The molecule has 0 aliphatic carbocycles. The molecule has 0 fully saturated rings. The Labute approximate surface area is 83.3 Å². The van der Waals surface area contributed by atoms with E-state index in [-0.39, 0.29) is 5.66 Å². The highest BCUT2D eigenvalue weighted by Crippen LogP contribution is 2.23. The molecule has 0 radical (unpaired) electrons. The monoisotopic (exact) mass is 240 g/mol. The summed E-state index contributed by atoms with van der Waals surface area (Å²) in [6.45, 7) is 0. The predicted molar refractivity (Wildman–Crippen MR) is 53.7 cm³/mol. The highest BCUT2D eigenvalue weighted by atomic mass is 79.9. The first-order valence-corrected chi connectivity index (χ1v) is 4.52. The Balaban J connectivity index is 2.68. The quantitative estimate of drug-likeness (QED) is 0.728. The number of fused-ring (bicyclic) bond motifs is 1. The molecule has 66 valence electrons. The van der Waals surface area contributed by atoms with Gasteiger partial charge in [0, 0.05) is 9.86 Å². The molecule has 0 saturated carbocycles. The zero-order valence-electron chi connectivity index (χ0n) is 6.57. The standard InChI is InChI=1S/C8H6BBrO3/c10-6-2-1-3-7-5(6)4-8(13-7)9(11)12/h1-4,11-12H. The maximum absolute atomic E-state index is 8.86. The molecular formula is C8H6BBrO3. The van der Waals surface area contributed by atoms with Gasteiger partial charge < -0.3 is 14.5 Å². The van der Waals surface area contributed by atoms with Crippen molar-refractivity contribution >= 4 is 39.7 Å². The van der Waals surface area contributed by atoms with E-state index in [0.29, 0.717) is 5.58 Å². The van der Waals surface area contributed by atoms with E-state index < -0.39 is 7.12 Å². The van der Waals surface area contributed by atoms with Crippen LogP contribution in [-0.4, -0.2) is 17.2 Å². The van der Waals surface area contributed by atoms with Crippen LogP contribution in [0, 0.1) is 0 Å². The van der Waals surface area contributed by atoms with Crippen LogP contribution in [-0.2, 0) is 0 Å². The molecule has 2 aromatic rings. The first-order valence-electron chi connectivity index (χ1n) is 3.72. The van der Waals surface area contributed by atoms with Crippen LogP contribution in [0.15, 0.2) is 33.2 Å². The van der Waals surface area contributed by atoms with Crippen molar-refractivity contribution in [3.63, 3.8) is 0 Å². The molecule has 1 aromatic heterocycles. The summed E-state index contributed by atoms with van der Waals surface area (Å²) in [5, 5.41) is 18.6. The highest BCUT2D eigenvalue weighted by molar-refractivity contribution is 9.10. The second-order valence-corrected chi connectivity index (χ2v) is 3.53. The van der Waals surface area contributed by atoms with Crippen LogP contribution in [0.3, 0.4) is 0 Å². The molecule has 1 heterocycles. The van der Waals surface area contributed by atoms with Crippen LogP contribution >= 0.6 is 15.9 Å². The average Bonchev–Trinajstić information content (AvgIpc) is 2.49. The fourth-order valence-corrected chi connectivity index (χ4v) is 1.63. The van der Waals surface area contributed by atoms with Gasteiger partial charge in [0.15, 0.2) is 0 Å². The minimum Gasteiger partial charge on any atom is -0.465 e. The van der Waals surface area contributed by atoms with Gasteiger partial charge in [0.25, 0.3) is 0 Å². The van der Waals surface area contributed by atoms with E-state index in [1.807, 2.05) is 12.1 Å². The first kappa shape index (κ1) is 8.81. The average molecular weight is 241 g/mol. The van der Waals surface area contributed by atoms with Crippen molar-refractivity contribution in [3.8, 4) is 0 Å². The summed E-state index contributed by atoms with van der Waals surface area (Å²) in [5.74, 6) is 0. The number of halogens is 1. The molecule has 3 nitrogen and oxygen atoms in total. The van der Waals surface area contributed by atoms with Gasteiger partial charge in [-0.3, -0.25) is 0 Å². The van der Waals surface area contributed by atoms with Crippen LogP contribution in [0.2, 0.25) is 0 Å². The third-order valence-corrected chi connectivity index (χ3v) is 2.47. The Hall–Kier alpha value is -0.775. The van der Waals surface area contributed by atoms with E-state index >= 15 is 0 Å². The van der Waals surface area contributed by atoms with Crippen LogP contribution in [0.1, 0.15) is 0 Å². The van der Waals surface area contributed by atoms with Crippen LogP contribution in [0.5, 0.6) is 0 Å². The van der Waals surface area contributed by atoms with Crippen molar-refractivity contribution in [1.82, 2.24) is 0 Å². The fourth-order valence-electron chi connectivity index (χ4n) is 1.17. The molecular weight excluding hydrogens is 235 g/mol. The van der Waals surface area contributed by atoms with Gasteiger partial charge >= 0.3 is 7.12 Å². The van der Waals surface area contributed by atoms with Gasteiger partial charge in [0.2, 0.25) is 0 Å². The van der Waals surface area contributed by atoms with E-state index in [1.165, 1.54) is 0 Å². The molecule has 0 atom stereocenters. The largest absolute Gasteiger partial charge is 0.526 e. The lowest BCUT2D eigenvalue weighted by Gasteiger charge is -1.89. The minimum absolute atomic E-state index is 0.155. The van der Waals surface area contributed by atoms with E-state index in [9.17, 15) is 0 Å². The summed E-state index contributed by atoms with van der Waals surface area (Å²) >= 11 is 3.34. The van der Waals surface area contributed by atoms with Crippen LogP contribution in [0.25, 0.3) is 11.0 Å². The normalized spacial score (nSPS) is 10.7. The molecule has 1 aromatic carbocycles. The van der Waals surface area contributed by atoms with Crippen molar-refractivity contribution in [3.05, 3.63) is 28.7 Å². The fraction of sp³-hybridized carbons (Fsp3) is 0. The summed E-state index contributed by atoms with van der Waals surface area (Å²) in [5.41, 5.74) is 0.791. The number of hydrogen-bond acceptors (Lipinski definition) is 3. The number of rotatable bonds is 1. The smallest absolute Gasteiger partial charge is 0.465 e. The Morgan fingerprint density at radius 1 is 1.31 bits per heavy atom. The molecule has 0 amide bonds. The number of furan rings is 1. The summed E-state index contributed by atoms with van der Waals surface area (Å²) < 4.78 is 6.06. The van der Waals surface area contributed by atoms with Crippen molar-refractivity contribution in [2.24, 2.45) is 0 Å². The van der Waals surface area contributed by atoms with Crippen LogP contribution in [0.4, 0.5) is 0 Å². The van der Waals surface area contributed by atoms with Crippen molar-refractivity contribution < 1.29 is 14.5 Å². The maximum atomic E-state index is 8.86. The molecule has 0 spiro atoms. The lowest BCUT2D eigenvalue weighted by Crippen LogP contribution is -2.27. The van der Waals surface area contributed by atoms with E-state index in [0.717, 1.165) is 9.86 Å². The predicted octanol–water partition coefficient (Wildman–Crippen LogP) is 0.875. The van der Waals surface area contributed by atoms with Gasteiger partial charge in [-0.05, 0) is 18.2 Å². The first-order chi connectivity index (χ1) is 6.18. The Bertz CT molecular complexity index is 438. The maximum Gasteiger partial charge on any atom is 0.526 e. The lowest BCUT2D eigenvalue weighted by molar-refractivity contribution is 0.412. The number of benzene rings is 1. The van der Waals surface area contributed by atoms with Gasteiger partial charge in [-0.15, -0.1) is 0 Å². The van der Waals surface area contributed by atoms with Crippen molar-refractivity contribution in [1.29, 1.82) is 0 Å². The summed E-state index contributed by atoms with van der Waals surface area (Å²) in [6, 6.07) is 7.06. The van der Waals surface area contributed by atoms with E-state index in [4.69, 9.17) is 14.5 Å². The van der Waals surface area contributed by atoms with Gasteiger partial charge in [-0.1, -0.05) is 22.0 Å². The Kier molecular flexibility index (Phi) is 2.15. The topological polar surface area (TPSA) is 53.6 Å². The zero-order chi connectivity index (χ0) is 9.42. The summed E-state index contributed by atoms with van der Waals surface area (Å²) in [4.78, 5) is 0. The zero-order valence-corrected chi connectivity index (χ0v) is 8.15. The summed E-state index contributed by atoms with van der Waals surface area (Å²) in [6.07, 6.45) is 0. The minimum atomic E-state index is -1.56. The summed E-state index contributed by atoms with van der Waals surface area (Å²) in [7, 11) is -1.56. The third kappa shape index (κ3) is 1.50. The second kappa shape index (κ2) is 3.18. The molecule has 2 N–H and O–H groups in total. The molecule has 2 rings (SSSR count). The molecule has 5 heteroatoms. The lowest BCUT2D eigenvalue weighted by atomic mass is 9.88. The van der Waals surface area contributed by atoms with E-state index in [2.05, 4.69) is 15.9 Å². The molecule has 0 bridgehead atoms. The molecule has 0 aliphatic rings. The van der Waals surface area contributed by atoms with Gasteiger partial charge in [-0.25, -0.2) is 0 Å². The third-order valence-electron chi connectivity index (χ3n) is 1.78. The van der Waals surface area contributed by atoms with Crippen molar-refractivity contribution in [2.45, 2.75) is 0 Å². The SMILES string of the molecule is OB(O)c1cc2c(Br)cccc2o1. The van der Waals surface area contributed by atoms with E-state index in [1.54, 1.807) is 12.1 Å². The van der Waals surface area contributed by atoms with Gasteiger partial charge in [-0.2, -0.15) is 0 Å². The van der Waals surface area contributed by atoms with Crippen LogP contribution < -0.4 is 5.66 Å².